The molecule has 0 spiro atoms. The zero-order valence-electron chi connectivity index (χ0n) is 9.69. The summed E-state index contributed by atoms with van der Waals surface area (Å²) >= 11 is 0. The molecule has 0 radical (unpaired) electrons. The third-order valence-electron chi connectivity index (χ3n) is 2.72. The average molecular weight is 214 g/mol. The summed E-state index contributed by atoms with van der Waals surface area (Å²) in [5, 5.41) is 9.29. The van der Waals surface area contributed by atoms with Crippen LogP contribution in [0.4, 0.5) is 0 Å². The monoisotopic (exact) mass is 214 g/mol. The highest BCUT2D eigenvalue weighted by atomic mass is 16.3. The highest BCUT2D eigenvalue weighted by molar-refractivity contribution is 5.39. The maximum atomic E-state index is 9.29. The van der Waals surface area contributed by atoms with Crippen molar-refractivity contribution in [2.75, 3.05) is 0 Å². The summed E-state index contributed by atoms with van der Waals surface area (Å²) in [6, 6.07) is 7.22. The van der Waals surface area contributed by atoms with E-state index in [1.54, 1.807) is 12.1 Å². The summed E-state index contributed by atoms with van der Waals surface area (Å²) < 4.78 is 0. The minimum absolute atomic E-state index is 0.218. The van der Waals surface area contributed by atoms with Gasteiger partial charge >= 0.3 is 0 Å². The van der Waals surface area contributed by atoms with Crippen molar-refractivity contribution in [1.29, 1.82) is 0 Å². The summed E-state index contributed by atoms with van der Waals surface area (Å²) in [4.78, 5) is 0. The normalized spacial score (nSPS) is 14.6. The molecule has 16 heavy (non-hydrogen) atoms. The lowest BCUT2D eigenvalue weighted by atomic mass is 9.77. The lowest BCUT2D eigenvalue weighted by Gasteiger charge is -2.26. The van der Waals surface area contributed by atoms with E-state index in [0.717, 1.165) is 12.0 Å². The van der Waals surface area contributed by atoms with Gasteiger partial charge in [0, 0.05) is 5.41 Å². The first-order chi connectivity index (χ1) is 7.68. The van der Waals surface area contributed by atoms with Gasteiger partial charge in [0.05, 0.1) is 0 Å². The minimum Gasteiger partial charge on any atom is -0.508 e. The van der Waals surface area contributed by atoms with E-state index >= 15 is 0 Å². The first-order valence-corrected chi connectivity index (χ1v) is 5.36. The van der Waals surface area contributed by atoms with Crippen molar-refractivity contribution in [2.24, 2.45) is 0 Å². The number of hydrogen-bond donors (Lipinski definition) is 1. The maximum Gasteiger partial charge on any atom is 0.115 e. The van der Waals surface area contributed by atoms with Crippen LogP contribution in [-0.4, -0.2) is 5.11 Å². The van der Waals surface area contributed by atoms with Crippen LogP contribution in [0.5, 0.6) is 5.75 Å². The Morgan fingerprint density at radius 3 is 2.31 bits per heavy atom. The number of allylic oxidation sites excluding steroid dienone is 4. The Hall–Kier alpha value is -1.76. The van der Waals surface area contributed by atoms with Gasteiger partial charge in [-0.05, 0) is 31.0 Å². The molecule has 84 valence electrons. The molecule has 0 aliphatic heterocycles. The molecule has 1 aromatic rings. The zero-order chi connectivity index (χ0) is 12.0. The van der Waals surface area contributed by atoms with Crippen LogP contribution >= 0.6 is 0 Å². The van der Waals surface area contributed by atoms with Gasteiger partial charge in [0.2, 0.25) is 0 Å². The molecule has 1 atom stereocenters. The molecule has 1 unspecified atom stereocenters. The van der Waals surface area contributed by atoms with E-state index in [9.17, 15) is 5.11 Å². The smallest absolute Gasteiger partial charge is 0.115 e. The van der Waals surface area contributed by atoms with Crippen molar-refractivity contribution < 1.29 is 5.11 Å². The van der Waals surface area contributed by atoms with E-state index in [-0.39, 0.29) is 11.2 Å². The van der Waals surface area contributed by atoms with Crippen molar-refractivity contribution >= 4 is 0 Å². The van der Waals surface area contributed by atoms with Gasteiger partial charge in [-0.1, -0.05) is 36.4 Å². The molecule has 1 N–H and O–H groups in total. The number of aromatic hydroxyl groups is 1. The molecule has 0 heterocycles. The van der Waals surface area contributed by atoms with Gasteiger partial charge in [-0.25, -0.2) is 0 Å². The average Bonchev–Trinajstić information content (AvgIpc) is 2.29. The topological polar surface area (TPSA) is 20.2 Å². The molecule has 1 heteroatoms. The summed E-state index contributed by atoms with van der Waals surface area (Å²) in [6.07, 6.45) is 8.72. The minimum atomic E-state index is -0.218. The van der Waals surface area contributed by atoms with Gasteiger partial charge in [-0.3, -0.25) is 0 Å². The molecule has 0 aromatic heterocycles. The Bertz CT molecular complexity index is 386. The van der Waals surface area contributed by atoms with Crippen LogP contribution < -0.4 is 0 Å². The van der Waals surface area contributed by atoms with Crippen LogP contribution in [0.1, 0.15) is 18.9 Å². The Morgan fingerprint density at radius 1 is 1.25 bits per heavy atom. The predicted molar refractivity (Wildman–Crippen MR) is 69.6 cm³/mol. The van der Waals surface area contributed by atoms with E-state index in [1.807, 2.05) is 37.3 Å². The first kappa shape index (κ1) is 12.3. The molecule has 1 nitrogen and oxygen atoms in total. The lowest BCUT2D eigenvalue weighted by molar-refractivity contribution is 0.474. The van der Waals surface area contributed by atoms with Crippen LogP contribution in [0, 0.1) is 0 Å². The van der Waals surface area contributed by atoms with Crippen LogP contribution in [0.3, 0.4) is 0 Å². The second kappa shape index (κ2) is 5.36. The fourth-order valence-electron chi connectivity index (χ4n) is 1.86. The van der Waals surface area contributed by atoms with Crippen molar-refractivity contribution in [3.63, 3.8) is 0 Å². The first-order valence-electron chi connectivity index (χ1n) is 5.36. The van der Waals surface area contributed by atoms with E-state index in [2.05, 4.69) is 19.2 Å². The van der Waals surface area contributed by atoms with E-state index in [0.29, 0.717) is 0 Å². The van der Waals surface area contributed by atoms with Crippen molar-refractivity contribution in [2.45, 2.75) is 18.8 Å². The predicted octanol–water partition coefficient (Wildman–Crippen LogP) is 3.97. The number of phenolic OH excluding ortho intramolecular Hbond substituents is 1. The Labute approximate surface area is 97.4 Å². The van der Waals surface area contributed by atoms with E-state index < -0.39 is 0 Å². The molecule has 0 amide bonds. The fourth-order valence-corrected chi connectivity index (χ4v) is 1.86. The molecule has 0 fully saturated rings. The van der Waals surface area contributed by atoms with Crippen LogP contribution in [-0.2, 0) is 5.41 Å². The quantitative estimate of drug-likeness (QED) is 0.735. The largest absolute Gasteiger partial charge is 0.508 e. The number of hydrogen-bond acceptors (Lipinski definition) is 1. The SMILES string of the molecule is C=CCC(C=C)(C=CC)c1ccc(O)cc1. The number of phenols is 1. The molecule has 0 saturated carbocycles. The van der Waals surface area contributed by atoms with Gasteiger partial charge in [-0.15, -0.1) is 13.2 Å². The maximum absolute atomic E-state index is 9.29. The van der Waals surface area contributed by atoms with Crippen molar-refractivity contribution in [3.8, 4) is 5.75 Å². The summed E-state index contributed by atoms with van der Waals surface area (Å²) in [7, 11) is 0. The second-order valence-corrected chi connectivity index (χ2v) is 3.78. The molecular weight excluding hydrogens is 196 g/mol. The summed E-state index contributed by atoms with van der Waals surface area (Å²) in [5.41, 5.74) is 0.891. The van der Waals surface area contributed by atoms with Gasteiger partial charge in [0.1, 0.15) is 5.75 Å². The van der Waals surface area contributed by atoms with E-state index in [4.69, 9.17) is 0 Å². The second-order valence-electron chi connectivity index (χ2n) is 3.78. The molecule has 1 aromatic carbocycles. The number of rotatable bonds is 5. The molecule has 0 bridgehead atoms. The molecular formula is C15H18O. The molecule has 0 aliphatic rings. The van der Waals surface area contributed by atoms with Gasteiger partial charge in [0.15, 0.2) is 0 Å². The van der Waals surface area contributed by atoms with Gasteiger partial charge < -0.3 is 5.11 Å². The zero-order valence-corrected chi connectivity index (χ0v) is 9.69. The van der Waals surface area contributed by atoms with E-state index in [1.165, 1.54) is 0 Å². The third kappa shape index (κ3) is 2.43. The Balaban J connectivity index is 3.23. The van der Waals surface area contributed by atoms with Crippen LogP contribution in [0.15, 0.2) is 61.7 Å². The standard InChI is InChI=1S/C15H18O/c1-4-11-15(6-3,12-5-2)13-7-9-14(16)10-8-13/h4-10,12,16H,1,3,11H2,2H3. The molecule has 1 rings (SSSR count). The fraction of sp³-hybridized carbons (Fsp3) is 0.200. The Kier molecular flexibility index (Phi) is 4.12. The van der Waals surface area contributed by atoms with Gasteiger partial charge in [-0.2, -0.15) is 0 Å². The Morgan fingerprint density at radius 2 is 1.88 bits per heavy atom. The molecule has 0 saturated heterocycles. The lowest BCUT2D eigenvalue weighted by Crippen LogP contribution is -2.19. The van der Waals surface area contributed by atoms with Gasteiger partial charge in [0.25, 0.3) is 0 Å². The highest BCUT2D eigenvalue weighted by Gasteiger charge is 2.23. The molecule has 0 aliphatic carbocycles. The summed E-state index contributed by atoms with van der Waals surface area (Å²) in [5.74, 6) is 0.279. The van der Waals surface area contributed by atoms with Crippen LogP contribution in [0.2, 0.25) is 0 Å². The highest BCUT2D eigenvalue weighted by Crippen LogP contribution is 2.32. The summed E-state index contributed by atoms with van der Waals surface area (Å²) in [6.45, 7) is 9.68. The number of benzene rings is 1. The van der Waals surface area contributed by atoms with Crippen molar-refractivity contribution in [3.05, 3.63) is 67.3 Å². The third-order valence-corrected chi connectivity index (χ3v) is 2.72. The van der Waals surface area contributed by atoms with Crippen LogP contribution in [0.25, 0.3) is 0 Å². The van der Waals surface area contributed by atoms with Crippen molar-refractivity contribution in [1.82, 2.24) is 0 Å².